The second-order valence-electron chi connectivity index (χ2n) is 4.64. The minimum atomic E-state index is -3.09. The van der Waals surface area contributed by atoms with E-state index in [9.17, 15) is 13.2 Å². The summed E-state index contributed by atoms with van der Waals surface area (Å²) in [6.45, 7) is 3.79. The standard InChI is InChI=1S/C13H19NO3S/c1-9-5-4-6-11(10(9)2)13(15)12(14)7-8-18(3,16)17/h4-6,12H,7-8,14H2,1-3H3. The van der Waals surface area contributed by atoms with Crippen LogP contribution >= 0.6 is 0 Å². The third-order valence-corrected chi connectivity index (χ3v) is 3.98. The molecule has 0 saturated carbocycles. The van der Waals surface area contributed by atoms with Gasteiger partial charge in [-0.15, -0.1) is 0 Å². The van der Waals surface area contributed by atoms with Gasteiger partial charge in [-0.1, -0.05) is 18.2 Å². The molecule has 0 aromatic heterocycles. The summed E-state index contributed by atoms with van der Waals surface area (Å²) >= 11 is 0. The quantitative estimate of drug-likeness (QED) is 0.816. The Morgan fingerprint density at radius 3 is 2.50 bits per heavy atom. The van der Waals surface area contributed by atoms with Crippen molar-refractivity contribution >= 4 is 15.6 Å². The van der Waals surface area contributed by atoms with Gasteiger partial charge in [0.1, 0.15) is 9.84 Å². The molecule has 100 valence electrons. The highest BCUT2D eigenvalue weighted by molar-refractivity contribution is 7.90. The van der Waals surface area contributed by atoms with Crippen LogP contribution in [0.15, 0.2) is 18.2 Å². The third kappa shape index (κ3) is 3.92. The van der Waals surface area contributed by atoms with Gasteiger partial charge in [-0.25, -0.2) is 8.42 Å². The Bertz CT molecular complexity index is 549. The maximum Gasteiger partial charge on any atom is 0.179 e. The van der Waals surface area contributed by atoms with Crippen LogP contribution in [-0.2, 0) is 9.84 Å². The first-order valence-electron chi connectivity index (χ1n) is 5.76. The monoisotopic (exact) mass is 269 g/mol. The number of Topliss-reactive ketones (excluding diaryl/α,β-unsaturated/α-hetero) is 1. The second-order valence-corrected chi connectivity index (χ2v) is 6.90. The number of nitrogens with two attached hydrogens (primary N) is 1. The number of hydrogen-bond donors (Lipinski definition) is 1. The predicted molar refractivity (Wildman–Crippen MR) is 72.5 cm³/mol. The molecule has 0 fully saturated rings. The van der Waals surface area contributed by atoms with E-state index in [1.807, 2.05) is 19.9 Å². The fraction of sp³-hybridized carbons (Fsp3) is 0.462. The summed E-state index contributed by atoms with van der Waals surface area (Å²) in [5, 5.41) is 0. The summed E-state index contributed by atoms with van der Waals surface area (Å²) in [6, 6.07) is 4.69. The van der Waals surface area contributed by atoms with Gasteiger partial charge in [-0.3, -0.25) is 4.79 Å². The van der Waals surface area contributed by atoms with E-state index in [0.29, 0.717) is 5.56 Å². The van der Waals surface area contributed by atoms with Crippen LogP contribution < -0.4 is 5.73 Å². The summed E-state index contributed by atoms with van der Waals surface area (Å²) in [5.41, 5.74) is 8.27. The average molecular weight is 269 g/mol. The van der Waals surface area contributed by atoms with Gasteiger partial charge in [0.2, 0.25) is 0 Å². The molecule has 0 aliphatic heterocycles. The zero-order chi connectivity index (χ0) is 13.9. The van der Waals surface area contributed by atoms with Crippen molar-refractivity contribution in [3.63, 3.8) is 0 Å². The smallest absolute Gasteiger partial charge is 0.179 e. The summed E-state index contributed by atoms with van der Waals surface area (Å²) in [6.07, 6.45) is 1.30. The molecule has 0 aliphatic carbocycles. The van der Waals surface area contributed by atoms with Crippen LogP contribution in [0.1, 0.15) is 27.9 Å². The van der Waals surface area contributed by atoms with Crippen molar-refractivity contribution in [2.24, 2.45) is 5.73 Å². The first-order chi connectivity index (χ1) is 8.22. The number of benzene rings is 1. The van der Waals surface area contributed by atoms with E-state index in [1.165, 1.54) is 0 Å². The van der Waals surface area contributed by atoms with Crippen molar-refractivity contribution in [3.05, 3.63) is 34.9 Å². The zero-order valence-corrected chi connectivity index (χ0v) is 11.8. The lowest BCUT2D eigenvalue weighted by molar-refractivity contribution is 0.0959. The Kier molecular flexibility index (Phi) is 4.65. The molecule has 0 amide bonds. The number of rotatable bonds is 5. The lowest BCUT2D eigenvalue weighted by Crippen LogP contribution is -2.33. The van der Waals surface area contributed by atoms with Gasteiger partial charge in [-0.2, -0.15) is 0 Å². The average Bonchev–Trinajstić information content (AvgIpc) is 2.28. The topological polar surface area (TPSA) is 77.2 Å². The first-order valence-corrected chi connectivity index (χ1v) is 7.82. The van der Waals surface area contributed by atoms with Crippen molar-refractivity contribution < 1.29 is 13.2 Å². The largest absolute Gasteiger partial charge is 0.321 e. The van der Waals surface area contributed by atoms with Gasteiger partial charge in [-0.05, 0) is 31.4 Å². The molecule has 1 atom stereocenters. The van der Waals surface area contributed by atoms with Gasteiger partial charge in [0.15, 0.2) is 5.78 Å². The minimum Gasteiger partial charge on any atom is -0.321 e. The van der Waals surface area contributed by atoms with Crippen molar-refractivity contribution in [2.75, 3.05) is 12.0 Å². The molecular weight excluding hydrogens is 250 g/mol. The summed E-state index contributed by atoms with van der Waals surface area (Å²) in [7, 11) is -3.09. The van der Waals surface area contributed by atoms with Crippen LogP contribution in [0.3, 0.4) is 0 Å². The SMILES string of the molecule is Cc1cccc(C(=O)C(N)CCS(C)(=O)=O)c1C. The number of carbonyl (C=O) groups excluding carboxylic acids is 1. The molecule has 5 heteroatoms. The van der Waals surface area contributed by atoms with Gasteiger partial charge >= 0.3 is 0 Å². The van der Waals surface area contributed by atoms with Crippen LogP contribution in [-0.4, -0.2) is 32.3 Å². The highest BCUT2D eigenvalue weighted by Crippen LogP contribution is 2.15. The van der Waals surface area contributed by atoms with E-state index < -0.39 is 15.9 Å². The predicted octanol–water partition coefficient (Wildman–Crippen LogP) is 1.25. The van der Waals surface area contributed by atoms with Crippen LogP contribution in [0.25, 0.3) is 0 Å². The maximum absolute atomic E-state index is 12.1. The molecule has 0 heterocycles. The maximum atomic E-state index is 12.1. The van der Waals surface area contributed by atoms with Crippen LogP contribution in [0.4, 0.5) is 0 Å². The van der Waals surface area contributed by atoms with E-state index in [4.69, 9.17) is 5.73 Å². The number of sulfone groups is 1. The van der Waals surface area contributed by atoms with Gasteiger partial charge in [0, 0.05) is 11.8 Å². The van der Waals surface area contributed by atoms with Gasteiger partial charge < -0.3 is 5.73 Å². The third-order valence-electron chi connectivity index (χ3n) is 3.01. The Morgan fingerprint density at radius 1 is 1.33 bits per heavy atom. The highest BCUT2D eigenvalue weighted by atomic mass is 32.2. The normalized spacial score (nSPS) is 13.3. The Hall–Kier alpha value is -1.20. The second kappa shape index (κ2) is 5.63. The molecule has 1 unspecified atom stereocenters. The Balaban J connectivity index is 2.84. The molecule has 2 N–H and O–H groups in total. The van der Waals surface area contributed by atoms with E-state index in [2.05, 4.69) is 0 Å². The number of aryl methyl sites for hydroxylation is 1. The summed E-state index contributed by atoms with van der Waals surface area (Å²) in [4.78, 5) is 12.1. The van der Waals surface area contributed by atoms with Crippen LogP contribution in [0, 0.1) is 13.8 Å². The fourth-order valence-electron chi connectivity index (χ4n) is 1.69. The Morgan fingerprint density at radius 2 is 1.94 bits per heavy atom. The first kappa shape index (κ1) is 14.9. The molecule has 1 aromatic rings. The molecule has 0 spiro atoms. The van der Waals surface area contributed by atoms with E-state index in [0.717, 1.165) is 17.4 Å². The molecule has 0 saturated heterocycles. The van der Waals surface area contributed by atoms with Crippen LogP contribution in [0.5, 0.6) is 0 Å². The molecule has 0 bridgehead atoms. The molecule has 1 rings (SSSR count). The fourth-order valence-corrected chi connectivity index (χ4v) is 2.37. The number of ketones is 1. The van der Waals surface area contributed by atoms with Crippen LogP contribution in [0.2, 0.25) is 0 Å². The number of hydrogen-bond acceptors (Lipinski definition) is 4. The van der Waals surface area contributed by atoms with E-state index in [1.54, 1.807) is 12.1 Å². The molecule has 18 heavy (non-hydrogen) atoms. The van der Waals surface area contributed by atoms with Gasteiger partial charge in [0.25, 0.3) is 0 Å². The van der Waals surface area contributed by atoms with Gasteiger partial charge in [0.05, 0.1) is 11.8 Å². The van der Waals surface area contributed by atoms with E-state index in [-0.39, 0.29) is 18.0 Å². The lowest BCUT2D eigenvalue weighted by atomic mass is 9.96. The molecule has 1 aromatic carbocycles. The molecule has 4 nitrogen and oxygen atoms in total. The highest BCUT2D eigenvalue weighted by Gasteiger charge is 2.19. The summed E-state index contributed by atoms with van der Waals surface area (Å²) < 4.78 is 22.1. The van der Waals surface area contributed by atoms with E-state index >= 15 is 0 Å². The lowest BCUT2D eigenvalue weighted by Gasteiger charge is -2.13. The van der Waals surface area contributed by atoms with Crippen molar-refractivity contribution in [2.45, 2.75) is 26.3 Å². The van der Waals surface area contributed by atoms with Crippen molar-refractivity contribution in [1.29, 1.82) is 0 Å². The summed E-state index contributed by atoms with van der Waals surface area (Å²) in [5.74, 6) is -0.259. The number of carbonyl (C=O) groups is 1. The zero-order valence-electron chi connectivity index (χ0n) is 10.9. The minimum absolute atomic E-state index is 0.0647. The van der Waals surface area contributed by atoms with Crippen molar-refractivity contribution in [1.82, 2.24) is 0 Å². The molecule has 0 aliphatic rings. The molecular formula is C13H19NO3S. The Labute approximate surface area is 108 Å². The molecule has 0 radical (unpaired) electrons. The van der Waals surface area contributed by atoms with Crippen molar-refractivity contribution in [3.8, 4) is 0 Å².